The smallest absolute Gasteiger partial charge is 0.380 e. The lowest BCUT2D eigenvalue weighted by Gasteiger charge is -2.20. The predicted molar refractivity (Wildman–Crippen MR) is 116 cm³/mol. The van der Waals surface area contributed by atoms with Crippen LogP contribution in [0.1, 0.15) is 43.0 Å². The molecule has 166 valence electrons. The first-order valence-corrected chi connectivity index (χ1v) is 10.9. The van der Waals surface area contributed by atoms with Crippen molar-refractivity contribution < 1.29 is 28.6 Å². The Kier molecular flexibility index (Phi) is 5.01. The molecule has 0 radical (unpaired) electrons. The van der Waals surface area contributed by atoms with Gasteiger partial charge in [-0.2, -0.15) is 0 Å². The van der Waals surface area contributed by atoms with Gasteiger partial charge in [0.2, 0.25) is 0 Å². The Balaban J connectivity index is 1.27. The highest BCUT2D eigenvalue weighted by Gasteiger charge is 2.61. The van der Waals surface area contributed by atoms with E-state index < -0.39 is 11.8 Å². The molecule has 0 bridgehead atoms. The van der Waals surface area contributed by atoms with Crippen LogP contribution in [-0.4, -0.2) is 47.1 Å². The van der Waals surface area contributed by atoms with E-state index >= 15 is 0 Å². The third-order valence-corrected chi connectivity index (χ3v) is 6.85. The first-order chi connectivity index (χ1) is 15.4. The zero-order chi connectivity index (χ0) is 22.5. The summed E-state index contributed by atoms with van der Waals surface area (Å²) in [6.07, 6.45) is 5.96. The van der Waals surface area contributed by atoms with Crippen molar-refractivity contribution in [3.8, 4) is 0 Å². The van der Waals surface area contributed by atoms with Crippen LogP contribution in [0.4, 0.5) is 0 Å². The Hall–Kier alpha value is -3.19. The minimum Gasteiger partial charge on any atom is -0.455 e. The van der Waals surface area contributed by atoms with Crippen LogP contribution >= 0.6 is 0 Å². The number of fused-ring (bicyclic) bond motifs is 4. The molecule has 3 heterocycles. The van der Waals surface area contributed by atoms with E-state index in [1.165, 1.54) is 6.20 Å². The summed E-state index contributed by atoms with van der Waals surface area (Å²) in [5, 5.41) is 0.690. The molecule has 2 aromatic rings. The maximum absolute atomic E-state index is 12.6. The lowest BCUT2D eigenvalue weighted by molar-refractivity contribution is -0.140. The number of epoxide rings is 1. The van der Waals surface area contributed by atoms with Crippen LogP contribution in [-0.2, 0) is 23.8 Å². The number of Topliss-reactive ketones (excluding diaryl/α,β-unsaturated/α-hetero) is 1. The largest absolute Gasteiger partial charge is 0.455 e. The van der Waals surface area contributed by atoms with Crippen LogP contribution in [0.2, 0.25) is 0 Å². The summed E-state index contributed by atoms with van der Waals surface area (Å²) in [7, 11) is 0. The number of hydrogen-bond acceptors (Lipinski definition) is 6. The molecule has 2 aliphatic heterocycles. The molecule has 7 heteroatoms. The minimum absolute atomic E-state index is 0.0343. The number of aromatic nitrogens is 1. The number of nitrogens with one attached hydrogen (secondary N) is 1. The van der Waals surface area contributed by atoms with Crippen LogP contribution in [0.25, 0.3) is 10.9 Å². The fraction of sp³-hybridized carbons (Fsp3) is 0.400. The quantitative estimate of drug-likeness (QED) is 0.197. The first kappa shape index (κ1) is 20.7. The standard InChI is InChI=1S/C25H25NO6/c1-14-16-10-9-15(6-5-11-25(2)22(32-25)21(16)31-23(14)28)13-30-24(29)20(27)18-12-26-19-8-4-3-7-17(18)19/h3-4,6-8,12,16,21-22,26H,1,5,9-11,13H2,2H3/b15-6+/t16-,21-,22-,25+/m0/s1. The van der Waals surface area contributed by atoms with Gasteiger partial charge in [0.15, 0.2) is 0 Å². The third kappa shape index (κ3) is 3.56. The zero-order valence-corrected chi connectivity index (χ0v) is 17.9. The Morgan fingerprint density at radius 3 is 2.97 bits per heavy atom. The number of rotatable bonds is 4. The van der Waals surface area contributed by atoms with E-state index in [9.17, 15) is 14.4 Å². The van der Waals surface area contributed by atoms with E-state index in [1.807, 2.05) is 31.2 Å². The molecule has 4 atom stereocenters. The summed E-state index contributed by atoms with van der Waals surface area (Å²) in [5.74, 6) is -2.04. The fourth-order valence-corrected chi connectivity index (χ4v) is 4.84. The van der Waals surface area contributed by atoms with Crippen molar-refractivity contribution in [3.63, 3.8) is 0 Å². The van der Waals surface area contributed by atoms with Crippen LogP contribution in [0.15, 0.2) is 54.3 Å². The highest BCUT2D eigenvalue weighted by Crippen LogP contribution is 2.49. The molecule has 7 nitrogen and oxygen atoms in total. The number of H-pyrrole nitrogens is 1. The summed E-state index contributed by atoms with van der Waals surface area (Å²) in [5.41, 5.74) is 2.15. The van der Waals surface area contributed by atoms with Gasteiger partial charge in [0.1, 0.15) is 18.8 Å². The number of ether oxygens (including phenoxy) is 3. The summed E-state index contributed by atoms with van der Waals surface area (Å²) in [6.45, 7) is 5.98. The molecule has 2 fully saturated rings. The molecule has 0 amide bonds. The number of para-hydroxylation sites is 1. The lowest BCUT2D eigenvalue weighted by atomic mass is 9.84. The van der Waals surface area contributed by atoms with Crippen LogP contribution in [0, 0.1) is 5.92 Å². The number of carbonyl (C=O) groups excluding carboxylic acids is 3. The normalized spacial score (nSPS) is 31.2. The van der Waals surface area contributed by atoms with Crippen molar-refractivity contribution in [1.82, 2.24) is 4.98 Å². The van der Waals surface area contributed by atoms with E-state index in [4.69, 9.17) is 14.2 Å². The number of carbonyl (C=O) groups is 3. The lowest BCUT2D eigenvalue weighted by Crippen LogP contribution is -2.29. The summed E-state index contributed by atoms with van der Waals surface area (Å²) in [4.78, 5) is 40.2. The van der Waals surface area contributed by atoms with Gasteiger partial charge in [0, 0.05) is 28.6 Å². The summed E-state index contributed by atoms with van der Waals surface area (Å²) >= 11 is 0. The van der Waals surface area contributed by atoms with Crippen molar-refractivity contribution in [2.45, 2.75) is 50.4 Å². The maximum atomic E-state index is 12.6. The molecule has 2 saturated heterocycles. The molecule has 1 aromatic carbocycles. The predicted octanol–water partition coefficient (Wildman–Crippen LogP) is 3.65. The maximum Gasteiger partial charge on any atom is 0.380 e. The molecule has 5 rings (SSSR count). The number of benzene rings is 1. The second-order valence-corrected chi connectivity index (χ2v) is 8.95. The number of esters is 2. The second-order valence-electron chi connectivity index (χ2n) is 8.95. The van der Waals surface area contributed by atoms with Crippen LogP contribution in [0.5, 0.6) is 0 Å². The minimum atomic E-state index is -0.882. The van der Waals surface area contributed by atoms with Gasteiger partial charge >= 0.3 is 11.9 Å². The van der Waals surface area contributed by atoms with Crippen molar-refractivity contribution in [1.29, 1.82) is 0 Å². The van der Waals surface area contributed by atoms with E-state index in [1.54, 1.807) is 6.07 Å². The average Bonchev–Trinajstić information content (AvgIpc) is 3.13. The summed E-state index contributed by atoms with van der Waals surface area (Å²) < 4.78 is 16.8. The number of aromatic amines is 1. The average molecular weight is 435 g/mol. The van der Waals surface area contributed by atoms with Crippen molar-refractivity contribution in [2.24, 2.45) is 5.92 Å². The molecule has 1 N–H and O–H groups in total. The molecule has 3 aliphatic rings. The van der Waals surface area contributed by atoms with E-state index in [2.05, 4.69) is 11.6 Å². The Labute approximate surface area is 185 Å². The molecular weight excluding hydrogens is 410 g/mol. The molecule has 1 aliphatic carbocycles. The van der Waals surface area contributed by atoms with Crippen molar-refractivity contribution >= 4 is 28.6 Å². The highest BCUT2D eigenvalue weighted by atomic mass is 16.6. The van der Waals surface area contributed by atoms with Gasteiger partial charge in [-0.05, 0) is 44.2 Å². The second kappa shape index (κ2) is 7.74. The van der Waals surface area contributed by atoms with E-state index in [0.717, 1.165) is 23.9 Å². The van der Waals surface area contributed by atoms with Gasteiger partial charge in [-0.15, -0.1) is 0 Å². The number of allylic oxidation sites excluding steroid dienone is 1. The molecule has 0 saturated carbocycles. The topological polar surface area (TPSA) is 98.0 Å². The molecule has 0 spiro atoms. The summed E-state index contributed by atoms with van der Waals surface area (Å²) in [6, 6.07) is 7.30. The SMILES string of the molecule is C=C1C(=O)O[C@H]2[C@H]1CC/C(COC(=O)C(=O)c1c[nH]c3ccccc13)=C\CC[C@@]1(C)O[C@@H]21. The van der Waals surface area contributed by atoms with Gasteiger partial charge in [-0.3, -0.25) is 4.79 Å². The Morgan fingerprint density at radius 2 is 2.12 bits per heavy atom. The number of hydrogen-bond donors (Lipinski definition) is 1. The fourth-order valence-electron chi connectivity index (χ4n) is 4.84. The molecule has 0 unspecified atom stereocenters. The third-order valence-electron chi connectivity index (χ3n) is 6.85. The molecule has 32 heavy (non-hydrogen) atoms. The van der Waals surface area contributed by atoms with Crippen LogP contribution in [0.3, 0.4) is 0 Å². The van der Waals surface area contributed by atoms with E-state index in [0.29, 0.717) is 29.4 Å². The Bertz CT molecular complexity index is 1160. The molecule has 1 aromatic heterocycles. The number of ketones is 1. The van der Waals surface area contributed by atoms with Crippen LogP contribution < -0.4 is 0 Å². The van der Waals surface area contributed by atoms with Gasteiger partial charge < -0.3 is 19.2 Å². The van der Waals surface area contributed by atoms with Crippen molar-refractivity contribution in [3.05, 3.63) is 59.8 Å². The van der Waals surface area contributed by atoms with Gasteiger partial charge in [0.25, 0.3) is 5.78 Å². The molecular formula is C25H25NO6. The monoisotopic (exact) mass is 435 g/mol. The van der Waals surface area contributed by atoms with E-state index in [-0.39, 0.29) is 36.3 Å². The zero-order valence-electron chi connectivity index (χ0n) is 17.9. The highest BCUT2D eigenvalue weighted by molar-refractivity contribution is 6.43. The van der Waals surface area contributed by atoms with Gasteiger partial charge in [-0.25, -0.2) is 9.59 Å². The first-order valence-electron chi connectivity index (χ1n) is 10.9. The van der Waals surface area contributed by atoms with Gasteiger partial charge in [-0.1, -0.05) is 30.9 Å². The Morgan fingerprint density at radius 1 is 1.31 bits per heavy atom. The van der Waals surface area contributed by atoms with Crippen molar-refractivity contribution in [2.75, 3.05) is 6.61 Å². The van der Waals surface area contributed by atoms with Gasteiger partial charge in [0.05, 0.1) is 11.2 Å².